The Morgan fingerprint density at radius 1 is 0.842 bits per heavy atom. The maximum absolute atomic E-state index is 6.06. The molecule has 0 spiro atoms. The van der Waals surface area contributed by atoms with Crippen LogP contribution in [-0.4, -0.2) is 0 Å². The lowest BCUT2D eigenvalue weighted by atomic mass is 10.0. The SMILES string of the molecule is Clc1ccc(Br)c(Cc2ccc3ccccc3c2)c1. The van der Waals surface area contributed by atoms with E-state index >= 15 is 0 Å². The van der Waals surface area contributed by atoms with Crippen LogP contribution >= 0.6 is 27.5 Å². The molecule has 19 heavy (non-hydrogen) atoms. The largest absolute Gasteiger partial charge is 0.0843 e. The van der Waals surface area contributed by atoms with E-state index in [4.69, 9.17) is 11.6 Å². The number of hydrogen-bond acceptors (Lipinski definition) is 0. The zero-order valence-corrected chi connectivity index (χ0v) is 12.6. The Kier molecular flexibility index (Phi) is 3.58. The van der Waals surface area contributed by atoms with Gasteiger partial charge in [-0.05, 0) is 46.5 Å². The molecule has 0 aliphatic carbocycles. The summed E-state index contributed by atoms with van der Waals surface area (Å²) >= 11 is 9.64. The van der Waals surface area contributed by atoms with Crippen molar-refractivity contribution in [2.45, 2.75) is 6.42 Å². The zero-order valence-electron chi connectivity index (χ0n) is 10.2. The van der Waals surface area contributed by atoms with Crippen molar-refractivity contribution in [2.24, 2.45) is 0 Å². The summed E-state index contributed by atoms with van der Waals surface area (Å²) in [6.07, 6.45) is 0.881. The maximum atomic E-state index is 6.06. The standard InChI is InChI=1S/C17H12BrCl/c18-17-8-7-16(19)11-15(17)10-12-5-6-13-3-1-2-4-14(13)9-12/h1-9,11H,10H2. The molecule has 0 amide bonds. The van der Waals surface area contributed by atoms with Crippen LogP contribution in [0.4, 0.5) is 0 Å². The van der Waals surface area contributed by atoms with Crippen molar-refractivity contribution in [3.05, 3.63) is 81.3 Å². The summed E-state index contributed by atoms with van der Waals surface area (Å²) in [5.74, 6) is 0. The molecule has 0 bridgehead atoms. The van der Waals surface area contributed by atoms with Gasteiger partial charge in [-0.3, -0.25) is 0 Å². The Balaban J connectivity index is 1.98. The minimum absolute atomic E-state index is 0.777. The molecular weight excluding hydrogens is 320 g/mol. The lowest BCUT2D eigenvalue weighted by molar-refractivity contribution is 1.19. The molecule has 0 aromatic heterocycles. The molecule has 2 heteroatoms. The van der Waals surface area contributed by atoms with Gasteiger partial charge in [-0.25, -0.2) is 0 Å². The van der Waals surface area contributed by atoms with E-state index in [-0.39, 0.29) is 0 Å². The van der Waals surface area contributed by atoms with Gasteiger partial charge in [0.2, 0.25) is 0 Å². The van der Waals surface area contributed by atoms with Crippen molar-refractivity contribution in [3.8, 4) is 0 Å². The van der Waals surface area contributed by atoms with Gasteiger partial charge in [0.15, 0.2) is 0 Å². The first-order valence-electron chi connectivity index (χ1n) is 6.14. The summed E-state index contributed by atoms with van der Waals surface area (Å²) in [7, 11) is 0. The number of halogens is 2. The van der Waals surface area contributed by atoms with Crippen LogP contribution in [0.1, 0.15) is 11.1 Å². The van der Waals surface area contributed by atoms with Gasteiger partial charge in [0.25, 0.3) is 0 Å². The number of fused-ring (bicyclic) bond motifs is 1. The van der Waals surface area contributed by atoms with E-state index in [9.17, 15) is 0 Å². The number of benzene rings is 3. The van der Waals surface area contributed by atoms with Crippen molar-refractivity contribution in [1.82, 2.24) is 0 Å². The van der Waals surface area contributed by atoms with E-state index in [0.717, 1.165) is 15.9 Å². The zero-order chi connectivity index (χ0) is 13.2. The Hall–Kier alpha value is -1.31. The van der Waals surface area contributed by atoms with E-state index < -0.39 is 0 Å². The van der Waals surface area contributed by atoms with Gasteiger partial charge in [-0.1, -0.05) is 70.0 Å². The van der Waals surface area contributed by atoms with Gasteiger partial charge in [0, 0.05) is 9.50 Å². The van der Waals surface area contributed by atoms with Crippen LogP contribution in [0.3, 0.4) is 0 Å². The van der Waals surface area contributed by atoms with Crippen LogP contribution in [0.15, 0.2) is 65.1 Å². The minimum atomic E-state index is 0.777. The molecule has 0 aliphatic heterocycles. The Bertz CT molecular complexity index is 734. The Morgan fingerprint density at radius 3 is 2.47 bits per heavy atom. The van der Waals surface area contributed by atoms with Gasteiger partial charge in [-0.2, -0.15) is 0 Å². The highest BCUT2D eigenvalue weighted by Gasteiger charge is 2.03. The molecule has 0 atom stereocenters. The van der Waals surface area contributed by atoms with E-state index in [2.05, 4.69) is 58.4 Å². The minimum Gasteiger partial charge on any atom is -0.0843 e. The highest BCUT2D eigenvalue weighted by molar-refractivity contribution is 9.10. The molecule has 0 saturated heterocycles. The topological polar surface area (TPSA) is 0 Å². The Morgan fingerprint density at radius 2 is 1.63 bits per heavy atom. The molecule has 0 aliphatic rings. The molecule has 0 fully saturated rings. The average molecular weight is 332 g/mol. The third-order valence-corrected chi connectivity index (χ3v) is 4.22. The second-order valence-electron chi connectivity index (χ2n) is 4.59. The van der Waals surface area contributed by atoms with Crippen molar-refractivity contribution in [2.75, 3.05) is 0 Å². The molecular formula is C17H12BrCl. The van der Waals surface area contributed by atoms with Crippen molar-refractivity contribution in [3.63, 3.8) is 0 Å². The second kappa shape index (κ2) is 5.36. The predicted molar refractivity (Wildman–Crippen MR) is 85.9 cm³/mol. The average Bonchev–Trinajstić information content (AvgIpc) is 2.43. The first-order valence-corrected chi connectivity index (χ1v) is 7.31. The number of hydrogen-bond donors (Lipinski definition) is 0. The summed E-state index contributed by atoms with van der Waals surface area (Å²) in [6, 6.07) is 20.9. The van der Waals surface area contributed by atoms with Crippen LogP contribution in [0.25, 0.3) is 10.8 Å². The highest BCUT2D eigenvalue weighted by atomic mass is 79.9. The molecule has 0 unspecified atom stereocenters. The predicted octanol–water partition coefficient (Wildman–Crippen LogP) is 5.85. The molecule has 0 saturated carbocycles. The van der Waals surface area contributed by atoms with Gasteiger partial charge in [0.05, 0.1) is 0 Å². The van der Waals surface area contributed by atoms with Gasteiger partial charge in [0.1, 0.15) is 0 Å². The lowest BCUT2D eigenvalue weighted by Crippen LogP contribution is -1.90. The van der Waals surface area contributed by atoms with E-state index in [0.29, 0.717) is 0 Å². The van der Waals surface area contributed by atoms with E-state index in [1.807, 2.05) is 18.2 Å². The molecule has 3 rings (SSSR count). The quantitative estimate of drug-likeness (QED) is 0.553. The van der Waals surface area contributed by atoms with Crippen LogP contribution in [-0.2, 0) is 6.42 Å². The van der Waals surface area contributed by atoms with Crippen LogP contribution in [0.5, 0.6) is 0 Å². The van der Waals surface area contributed by atoms with Gasteiger partial charge < -0.3 is 0 Å². The fraction of sp³-hybridized carbons (Fsp3) is 0.0588. The molecule has 94 valence electrons. The normalized spacial score (nSPS) is 10.8. The summed E-state index contributed by atoms with van der Waals surface area (Å²) in [4.78, 5) is 0. The summed E-state index contributed by atoms with van der Waals surface area (Å²) in [5, 5.41) is 3.33. The Labute approximate surface area is 126 Å². The van der Waals surface area contributed by atoms with Crippen molar-refractivity contribution < 1.29 is 0 Å². The third kappa shape index (κ3) is 2.83. The van der Waals surface area contributed by atoms with Gasteiger partial charge >= 0.3 is 0 Å². The first-order chi connectivity index (χ1) is 9.22. The number of rotatable bonds is 2. The smallest absolute Gasteiger partial charge is 0.0409 e. The van der Waals surface area contributed by atoms with Gasteiger partial charge in [-0.15, -0.1) is 0 Å². The molecule has 0 heterocycles. The summed E-state index contributed by atoms with van der Waals surface area (Å²) in [5.41, 5.74) is 2.50. The molecule has 0 nitrogen and oxygen atoms in total. The van der Waals surface area contributed by atoms with Crippen LogP contribution in [0.2, 0.25) is 5.02 Å². The lowest BCUT2D eigenvalue weighted by Gasteiger charge is -2.07. The summed E-state index contributed by atoms with van der Waals surface area (Å²) in [6.45, 7) is 0. The molecule has 3 aromatic carbocycles. The first kappa shape index (κ1) is 12.7. The maximum Gasteiger partial charge on any atom is 0.0409 e. The van der Waals surface area contributed by atoms with Crippen molar-refractivity contribution in [1.29, 1.82) is 0 Å². The summed E-state index contributed by atoms with van der Waals surface area (Å²) < 4.78 is 1.10. The fourth-order valence-electron chi connectivity index (χ4n) is 2.25. The van der Waals surface area contributed by atoms with Crippen LogP contribution < -0.4 is 0 Å². The second-order valence-corrected chi connectivity index (χ2v) is 5.88. The fourth-order valence-corrected chi connectivity index (χ4v) is 2.83. The van der Waals surface area contributed by atoms with Crippen LogP contribution in [0, 0.1) is 0 Å². The van der Waals surface area contributed by atoms with Crippen molar-refractivity contribution >= 4 is 38.3 Å². The monoisotopic (exact) mass is 330 g/mol. The van der Waals surface area contributed by atoms with E-state index in [1.54, 1.807) is 0 Å². The molecule has 3 aromatic rings. The highest BCUT2D eigenvalue weighted by Crippen LogP contribution is 2.25. The molecule has 0 N–H and O–H groups in total. The van der Waals surface area contributed by atoms with E-state index in [1.165, 1.54) is 21.9 Å². The third-order valence-electron chi connectivity index (χ3n) is 3.22. The molecule has 0 radical (unpaired) electrons.